The van der Waals surface area contributed by atoms with Crippen molar-refractivity contribution in [2.24, 2.45) is 5.73 Å². The molecule has 1 atom stereocenters. The summed E-state index contributed by atoms with van der Waals surface area (Å²) in [7, 11) is 1.33. The Bertz CT molecular complexity index is 368. The molecule has 0 aliphatic carbocycles. The Morgan fingerprint density at radius 1 is 1.67 bits per heavy atom. The SMILES string of the molecule is COc1ccc(C(=O)C(O)CN)cc1F. The predicted octanol–water partition coefficient (Wildman–Crippen LogP) is 0.337. The molecule has 0 saturated carbocycles. The fourth-order valence-electron chi connectivity index (χ4n) is 1.12. The fraction of sp³-hybridized carbons (Fsp3) is 0.300. The standard InChI is InChI=1S/C10H12FNO3/c1-15-9-3-2-6(4-7(9)11)10(14)8(13)5-12/h2-4,8,13H,5,12H2,1H3. The molecule has 1 unspecified atom stereocenters. The molecule has 0 fully saturated rings. The lowest BCUT2D eigenvalue weighted by Gasteiger charge is -2.07. The smallest absolute Gasteiger partial charge is 0.192 e. The Balaban J connectivity index is 2.97. The number of aliphatic hydroxyl groups is 1. The van der Waals surface area contributed by atoms with E-state index in [0.29, 0.717) is 0 Å². The molecule has 0 spiro atoms. The number of hydrogen-bond donors (Lipinski definition) is 2. The predicted molar refractivity (Wildman–Crippen MR) is 52.3 cm³/mol. The van der Waals surface area contributed by atoms with Crippen molar-refractivity contribution in [1.82, 2.24) is 0 Å². The first-order valence-electron chi connectivity index (χ1n) is 4.36. The van der Waals surface area contributed by atoms with Gasteiger partial charge in [0, 0.05) is 12.1 Å². The number of rotatable bonds is 4. The maximum absolute atomic E-state index is 13.2. The second kappa shape index (κ2) is 4.86. The Hall–Kier alpha value is -1.46. The van der Waals surface area contributed by atoms with E-state index in [2.05, 4.69) is 0 Å². The topological polar surface area (TPSA) is 72.5 Å². The molecule has 5 heteroatoms. The molecule has 0 aliphatic rings. The van der Waals surface area contributed by atoms with Gasteiger partial charge in [0.2, 0.25) is 0 Å². The van der Waals surface area contributed by atoms with Crippen LogP contribution in [0.1, 0.15) is 10.4 Å². The van der Waals surface area contributed by atoms with Crippen molar-refractivity contribution in [2.75, 3.05) is 13.7 Å². The van der Waals surface area contributed by atoms with Gasteiger partial charge in [0.15, 0.2) is 17.3 Å². The third kappa shape index (κ3) is 2.51. The van der Waals surface area contributed by atoms with E-state index in [9.17, 15) is 9.18 Å². The van der Waals surface area contributed by atoms with E-state index in [0.717, 1.165) is 6.07 Å². The summed E-state index contributed by atoms with van der Waals surface area (Å²) in [6, 6.07) is 3.72. The summed E-state index contributed by atoms with van der Waals surface area (Å²) in [5, 5.41) is 9.17. The number of carbonyl (C=O) groups is 1. The van der Waals surface area contributed by atoms with Crippen LogP contribution in [0, 0.1) is 5.82 Å². The van der Waals surface area contributed by atoms with Crippen LogP contribution in [0.2, 0.25) is 0 Å². The maximum atomic E-state index is 13.2. The molecule has 0 amide bonds. The van der Waals surface area contributed by atoms with Gasteiger partial charge in [-0.05, 0) is 18.2 Å². The molecule has 15 heavy (non-hydrogen) atoms. The van der Waals surface area contributed by atoms with Gasteiger partial charge in [0.1, 0.15) is 6.10 Å². The Morgan fingerprint density at radius 2 is 2.33 bits per heavy atom. The highest BCUT2D eigenvalue weighted by molar-refractivity contribution is 5.99. The normalized spacial score (nSPS) is 12.3. The molecule has 0 bridgehead atoms. The van der Waals surface area contributed by atoms with Crippen LogP contribution in [0.5, 0.6) is 5.75 Å². The molecular weight excluding hydrogens is 201 g/mol. The highest BCUT2D eigenvalue weighted by atomic mass is 19.1. The second-order valence-electron chi connectivity index (χ2n) is 2.97. The largest absolute Gasteiger partial charge is 0.494 e. The van der Waals surface area contributed by atoms with Gasteiger partial charge in [0.05, 0.1) is 7.11 Å². The Kier molecular flexibility index (Phi) is 3.76. The zero-order valence-electron chi connectivity index (χ0n) is 8.24. The van der Waals surface area contributed by atoms with Crippen LogP contribution in [-0.2, 0) is 0 Å². The first-order valence-corrected chi connectivity index (χ1v) is 4.36. The highest BCUT2D eigenvalue weighted by Gasteiger charge is 2.16. The lowest BCUT2D eigenvalue weighted by molar-refractivity contribution is 0.0762. The van der Waals surface area contributed by atoms with Crippen molar-refractivity contribution in [1.29, 1.82) is 0 Å². The first kappa shape index (κ1) is 11.6. The minimum absolute atomic E-state index is 0.0498. The number of hydrogen-bond acceptors (Lipinski definition) is 4. The van der Waals surface area contributed by atoms with Gasteiger partial charge in [-0.1, -0.05) is 0 Å². The monoisotopic (exact) mass is 213 g/mol. The minimum atomic E-state index is -1.29. The maximum Gasteiger partial charge on any atom is 0.192 e. The molecule has 0 aliphatic heterocycles. The molecule has 0 aromatic heterocycles. The number of aliphatic hydroxyl groups excluding tert-OH is 1. The summed E-state index contributed by atoms with van der Waals surface area (Å²) < 4.78 is 17.9. The summed E-state index contributed by atoms with van der Waals surface area (Å²) in [5.41, 5.74) is 5.19. The van der Waals surface area contributed by atoms with E-state index >= 15 is 0 Å². The molecule has 0 heterocycles. The third-order valence-electron chi connectivity index (χ3n) is 1.96. The van der Waals surface area contributed by atoms with Crippen molar-refractivity contribution >= 4 is 5.78 Å². The van der Waals surface area contributed by atoms with Crippen molar-refractivity contribution < 1.29 is 19.0 Å². The number of ether oxygens (including phenoxy) is 1. The van der Waals surface area contributed by atoms with E-state index in [-0.39, 0.29) is 17.9 Å². The molecule has 4 nitrogen and oxygen atoms in total. The quantitative estimate of drug-likeness (QED) is 0.707. The molecule has 1 aromatic rings. The summed E-state index contributed by atoms with van der Waals surface area (Å²) in [5.74, 6) is -1.19. The molecule has 1 aromatic carbocycles. The summed E-state index contributed by atoms with van der Waals surface area (Å²) in [6.45, 7) is -0.188. The fourth-order valence-corrected chi connectivity index (χ4v) is 1.12. The van der Waals surface area contributed by atoms with Gasteiger partial charge in [-0.25, -0.2) is 4.39 Å². The molecule has 1 rings (SSSR count). The van der Waals surface area contributed by atoms with Crippen LogP contribution >= 0.6 is 0 Å². The van der Waals surface area contributed by atoms with Crippen LogP contribution in [0.3, 0.4) is 0 Å². The van der Waals surface area contributed by atoms with Crippen molar-refractivity contribution in [3.63, 3.8) is 0 Å². The van der Waals surface area contributed by atoms with Gasteiger partial charge in [-0.15, -0.1) is 0 Å². The molecule has 82 valence electrons. The molecular formula is C10H12FNO3. The van der Waals surface area contributed by atoms with Gasteiger partial charge in [-0.3, -0.25) is 4.79 Å². The summed E-state index contributed by atoms with van der Waals surface area (Å²) in [4.78, 5) is 11.4. The van der Waals surface area contributed by atoms with E-state index in [1.54, 1.807) is 0 Å². The Labute approximate surface area is 86.5 Å². The van der Waals surface area contributed by atoms with Crippen LogP contribution < -0.4 is 10.5 Å². The van der Waals surface area contributed by atoms with Gasteiger partial charge in [0.25, 0.3) is 0 Å². The lowest BCUT2D eigenvalue weighted by atomic mass is 10.1. The van der Waals surface area contributed by atoms with E-state index in [1.807, 2.05) is 0 Å². The average Bonchev–Trinajstić information content (AvgIpc) is 2.26. The number of carbonyl (C=O) groups excluding carboxylic acids is 1. The Morgan fingerprint density at radius 3 is 2.80 bits per heavy atom. The van der Waals surface area contributed by atoms with Crippen molar-refractivity contribution in [3.05, 3.63) is 29.6 Å². The number of methoxy groups -OCH3 is 1. The number of benzene rings is 1. The second-order valence-corrected chi connectivity index (χ2v) is 2.97. The average molecular weight is 213 g/mol. The molecule has 0 saturated heterocycles. The van der Waals surface area contributed by atoms with Crippen LogP contribution in [0.25, 0.3) is 0 Å². The van der Waals surface area contributed by atoms with Crippen LogP contribution in [0.4, 0.5) is 4.39 Å². The first-order chi connectivity index (χ1) is 7.10. The molecule has 3 N–H and O–H groups in total. The number of halogens is 1. The van der Waals surface area contributed by atoms with Crippen LogP contribution in [-0.4, -0.2) is 30.6 Å². The van der Waals surface area contributed by atoms with E-state index in [4.69, 9.17) is 15.6 Å². The van der Waals surface area contributed by atoms with Crippen molar-refractivity contribution in [2.45, 2.75) is 6.10 Å². The van der Waals surface area contributed by atoms with Gasteiger partial charge in [-0.2, -0.15) is 0 Å². The third-order valence-corrected chi connectivity index (χ3v) is 1.96. The molecule has 0 radical (unpaired) electrons. The van der Waals surface area contributed by atoms with E-state index < -0.39 is 17.7 Å². The van der Waals surface area contributed by atoms with E-state index in [1.165, 1.54) is 19.2 Å². The zero-order chi connectivity index (χ0) is 11.4. The number of Topliss-reactive ketones (excluding diaryl/α,β-unsaturated/α-hetero) is 1. The summed E-state index contributed by atoms with van der Waals surface area (Å²) in [6.07, 6.45) is -1.29. The minimum Gasteiger partial charge on any atom is -0.494 e. The zero-order valence-corrected chi connectivity index (χ0v) is 8.24. The van der Waals surface area contributed by atoms with Gasteiger partial charge >= 0.3 is 0 Å². The van der Waals surface area contributed by atoms with Crippen LogP contribution in [0.15, 0.2) is 18.2 Å². The number of nitrogens with two attached hydrogens (primary N) is 1. The highest BCUT2D eigenvalue weighted by Crippen LogP contribution is 2.18. The summed E-state index contributed by atoms with van der Waals surface area (Å²) >= 11 is 0. The van der Waals surface area contributed by atoms with Gasteiger partial charge < -0.3 is 15.6 Å². The lowest BCUT2D eigenvalue weighted by Crippen LogP contribution is -2.29. The van der Waals surface area contributed by atoms with Crippen molar-refractivity contribution in [3.8, 4) is 5.75 Å². The number of ketones is 1.